The maximum Gasteiger partial charge on any atom is 0.326 e. The number of carboxylic acid groups (broad SMARTS) is 1. The quantitative estimate of drug-likeness (QED) is 0.629. The molecule has 0 aromatic carbocycles. The lowest BCUT2D eigenvalue weighted by atomic mass is 10.2. The van der Waals surface area contributed by atoms with E-state index in [9.17, 15) is 19.5 Å². The standard InChI is InChI=1S/C12H19N3O5/c1-8(16)13-2-4-14(5-3-13)12(20)15-7-9(17)6-10(15)11(18)19/h9-10,17H,2-7H2,1H3,(H,18,19)/t9?,10-/m0/s1. The van der Waals surface area contributed by atoms with Crippen molar-refractivity contribution in [1.82, 2.24) is 14.7 Å². The van der Waals surface area contributed by atoms with Gasteiger partial charge in [0.2, 0.25) is 5.91 Å². The minimum Gasteiger partial charge on any atom is -0.480 e. The molecule has 0 aliphatic carbocycles. The zero-order valence-corrected chi connectivity index (χ0v) is 11.4. The molecular formula is C12H19N3O5. The Balaban J connectivity index is 1.98. The summed E-state index contributed by atoms with van der Waals surface area (Å²) in [5, 5.41) is 18.6. The van der Waals surface area contributed by atoms with Gasteiger partial charge in [-0.25, -0.2) is 9.59 Å². The molecule has 2 N–H and O–H groups in total. The van der Waals surface area contributed by atoms with E-state index in [2.05, 4.69) is 0 Å². The predicted octanol–water partition coefficient (Wildman–Crippen LogP) is -1.21. The van der Waals surface area contributed by atoms with Gasteiger partial charge in [-0.2, -0.15) is 0 Å². The van der Waals surface area contributed by atoms with Crippen LogP contribution in [0.25, 0.3) is 0 Å². The maximum atomic E-state index is 12.3. The van der Waals surface area contributed by atoms with Crippen LogP contribution in [0, 0.1) is 0 Å². The molecule has 2 fully saturated rings. The van der Waals surface area contributed by atoms with E-state index in [0.29, 0.717) is 26.2 Å². The molecule has 0 saturated carbocycles. The molecule has 3 amide bonds. The van der Waals surface area contributed by atoms with E-state index in [4.69, 9.17) is 5.11 Å². The summed E-state index contributed by atoms with van der Waals surface area (Å²) in [6.07, 6.45) is -0.729. The number of piperazine rings is 1. The Morgan fingerprint density at radius 3 is 2.10 bits per heavy atom. The molecule has 0 bridgehead atoms. The fourth-order valence-corrected chi connectivity index (χ4v) is 2.65. The fourth-order valence-electron chi connectivity index (χ4n) is 2.65. The molecule has 8 heteroatoms. The third kappa shape index (κ3) is 2.84. The average Bonchev–Trinajstić information content (AvgIpc) is 2.80. The first-order chi connectivity index (χ1) is 9.40. The molecule has 0 aromatic rings. The summed E-state index contributed by atoms with van der Waals surface area (Å²) in [5.74, 6) is -1.13. The van der Waals surface area contributed by atoms with Crippen molar-refractivity contribution in [3.8, 4) is 0 Å². The first-order valence-electron chi connectivity index (χ1n) is 6.62. The molecule has 0 radical (unpaired) electrons. The number of aliphatic carboxylic acids is 1. The highest BCUT2D eigenvalue weighted by Crippen LogP contribution is 2.20. The zero-order valence-electron chi connectivity index (χ0n) is 11.4. The van der Waals surface area contributed by atoms with Crippen molar-refractivity contribution in [2.45, 2.75) is 25.5 Å². The van der Waals surface area contributed by atoms with Crippen molar-refractivity contribution in [2.24, 2.45) is 0 Å². The van der Waals surface area contributed by atoms with Gasteiger partial charge in [0, 0.05) is 46.1 Å². The van der Waals surface area contributed by atoms with Crippen molar-refractivity contribution in [3.63, 3.8) is 0 Å². The van der Waals surface area contributed by atoms with E-state index in [1.807, 2.05) is 0 Å². The Hall–Kier alpha value is -1.83. The van der Waals surface area contributed by atoms with Gasteiger partial charge in [0.1, 0.15) is 6.04 Å². The normalized spacial score (nSPS) is 26.8. The first kappa shape index (κ1) is 14.6. The second-order valence-corrected chi connectivity index (χ2v) is 5.17. The highest BCUT2D eigenvalue weighted by molar-refractivity contribution is 5.83. The van der Waals surface area contributed by atoms with Crippen LogP contribution in [0.3, 0.4) is 0 Å². The molecular weight excluding hydrogens is 266 g/mol. The van der Waals surface area contributed by atoms with E-state index in [-0.39, 0.29) is 24.9 Å². The Morgan fingerprint density at radius 2 is 1.60 bits per heavy atom. The third-order valence-corrected chi connectivity index (χ3v) is 3.81. The Labute approximate surface area is 116 Å². The first-order valence-corrected chi connectivity index (χ1v) is 6.62. The molecule has 8 nitrogen and oxygen atoms in total. The number of β-amino-alcohol motifs (C(OH)–C–C–N with tert-alkyl or cyclic N) is 1. The minimum absolute atomic E-state index is 0.0305. The number of urea groups is 1. The largest absolute Gasteiger partial charge is 0.480 e. The number of rotatable bonds is 1. The van der Waals surface area contributed by atoms with Crippen LogP contribution >= 0.6 is 0 Å². The average molecular weight is 285 g/mol. The van der Waals surface area contributed by atoms with Crippen LogP contribution < -0.4 is 0 Å². The lowest BCUT2D eigenvalue weighted by Crippen LogP contribution is -2.55. The fraction of sp³-hybridized carbons (Fsp3) is 0.750. The number of aliphatic hydroxyl groups is 1. The zero-order chi connectivity index (χ0) is 14.9. The molecule has 0 aromatic heterocycles. The molecule has 112 valence electrons. The minimum atomic E-state index is -1.10. The molecule has 2 heterocycles. The Kier molecular flexibility index (Phi) is 4.12. The van der Waals surface area contributed by atoms with Gasteiger partial charge in [0.15, 0.2) is 0 Å². The number of aliphatic hydroxyl groups excluding tert-OH is 1. The molecule has 0 spiro atoms. The van der Waals surface area contributed by atoms with Crippen molar-refractivity contribution in [1.29, 1.82) is 0 Å². The molecule has 20 heavy (non-hydrogen) atoms. The molecule has 2 aliphatic rings. The SMILES string of the molecule is CC(=O)N1CCN(C(=O)N2CC(O)C[C@H]2C(=O)O)CC1. The summed E-state index contributed by atoms with van der Waals surface area (Å²) >= 11 is 0. The van der Waals surface area contributed by atoms with Gasteiger partial charge in [-0.1, -0.05) is 0 Å². The van der Waals surface area contributed by atoms with Crippen molar-refractivity contribution < 1.29 is 24.6 Å². The smallest absolute Gasteiger partial charge is 0.326 e. The summed E-state index contributed by atoms with van der Waals surface area (Å²) in [6, 6.07) is -1.35. The summed E-state index contributed by atoms with van der Waals surface area (Å²) in [5.41, 5.74) is 0. The lowest BCUT2D eigenvalue weighted by molar-refractivity contribution is -0.141. The summed E-state index contributed by atoms with van der Waals surface area (Å²) in [6.45, 7) is 3.20. The van der Waals surface area contributed by atoms with Crippen LogP contribution in [-0.4, -0.2) is 87.7 Å². The Morgan fingerprint density at radius 1 is 1.05 bits per heavy atom. The highest BCUT2D eigenvalue weighted by atomic mass is 16.4. The van der Waals surface area contributed by atoms with Crippen LogP contribution in [-0.2, 0) is 9.59 Å². The number of carbonyl (C=O) groups is 3. The van der Waals surface area contributed by atoms with Crippen LogP contribution in [0.2, 0.25) is 0 Å². The van der Waals surface area contributed by atoms with Gasteiger partial charge >= 0.3 is 12.0 Å². The van der Waals surface area contributed by atoms with Crippen LogP contribution in [0.5, 0.6) is 0 Å². The number of likely N-dealkylation sites (tertiary alicyclic amines) is 1. The van der Waals surface area contributed by atoms with Crippen molar-refractivity contribution in [3.05, 3.63) is 0 Å². The number of amides is 3. The van der Waals surface area contributed by atoms with E-state index >= 15 is 0 Å². The van der Waals surface area contributed by atoms with Gasteiger partial charge < -0.3 is 24.9 Å². The summed E-state index contributed by atoms with van der Waals surface area (Å²) < 4.78 is 0. The van der Waals surface area contributed by atoms with E-state index in [1.54, 1.807) is 4.90 Å². The maximum absolute atomic E-state index is 12.3. The molecule has 2 atom stereocenters. The molecule has 2 saturated heterocycles. The van der Waals surface area contributed by atoms with E-state index in [1.165, 1.54) is 16.7 Å². The molecule has 1 unspecified atom stereocenters. The van der Waals surface area contributed by atoms with E-state index < -0.39 is 18.1 Å². The second-order valence-electron chi connectivity index (χ2n) is 5.17. The monoisotopic (exact) mass is 285 g/mol. The van der Waals surface area contributed by atoms with Gasteiger partial charge in [-0.15, -0.1) is 0 Å². The van der Waals surface area contributed by atoms with Gasteiger partial charge in [0.25, 0.3) is 0 Å². The number of hydrogen-bond donors (Lipinski definition) is 2. The molecule has 2 aliphatic heterocycles. The van der Waals surface area contributed by atoms with Crippen LogP contribution in [0.1, 0.15) is 13.3 Å². The second kappa shape index (κ2) is 5.66. The third-order valence-electron chi connectivity index (χ3n) is 3.81. The summed E-state index contributed by atoms with van der Waals surface area (Å²) in [7, 11) is 0. The van der Waals surface area contributed by atoms with Gasteiger partial charge in [-0.05, 0) is 0 Å². The number of nitrogens with zero attached hydrogens (tertiary/aromatic N) is 3. The predicted molar refractivity (Wildman–Crippen MR) is 68.0 cm³/mol. The summed E-state index contributed by atoms with van der Waals surface area (Å²) in [4.78, 5) is 39.0. The van der Waals surface area contributed by atoms with Gasteiger partial charge in [-0.3, -0.25) is 4.79 Å². The van der Waals surface area contributed by atoms with Crippen molar-refractivity contribution in [2.75, 3.05) is 32.7 Å². The number of hydrogen-bond acceptors (Lipinski definition) is 4. The van der Waals surface area contributed by atoms with Crippen LogP contribution in [0.15, 0.2) is 0 Å². The molecule has 2 rings (SSSR count). The highest BCUT2D eigenvalue weighted by Gasteiger charge is 2.41. The van der Waals surface area contributed by atoms with Crippen molar-refractivity contribution >= 4 is 17.9 Å². The Bertz CT molecular complexity index is 419. The van der Waals surface area contributed by atoms with Crippen LogP contribution in [0.4, 0.5) is 4.79 Å². The topological polar surface area (TPSA) is 101 Å². The lowest BCUT2D eigenvalue weighted by Gasteiger charge is -2.37. The van der Waals surface area contributed by atoms with Gasteiger partial charge in [0.05, 0.1) is 6.10 Å². The van der Waals surface area contributed by atoms with E-state index in [0.717, 1.165) is 0 Å². The number of carboxylic acids is 1. The number of carbonyl (C=O) groups excluding carboxylic acids is 2.